The number of aromatic nitrogens is 2. The maximum Gasteiger partial charge on any atom is 0.410 e. The van der Waals surface area contributed by atoms with Crippen LogP contribution in [0.1, 0.15) is 51.3 Å². The van der Waals surface area contributed by atoms with Crippen LogP contribution in [0.5, 0.6) is 5.75 Å². The Labute approximate surface area is 200 Å². The minimum absolute atomic E-state index is 0.0702. The molecule has 3 aromatic rings. The molecule has 2 heterocycles. The number of carbonyl (C=O) groups excluding carboxylic acids is 1. The highest BCUT2D eigenvalue weighted by molar-refractivity contribution is 6.06. The van der Waals surface area contributed by atoms with Crippen LogP contribution in [0.3, 0.4) is 0 Å². The summed E-state index contributed by atoms with van der Waals surface area (Å²) in [6.07, 6.45) is 4.67. The third-order valence-corrected chi connectivity index (χ3v) is 6.57. The highest BCUT2D eigenvalue weighted by Gasteiger charge is 2.32. The maximum atomic E-state index is 13.1. The molecule has 182 valence electrons. The van der Waals surface area contributed by atoms with Crippen molar-refractivity contribution in [2.75, 3.05) is 13.7 Å². The van der Waals surface area contributed by atoms with E-state index in [1.807, 2.05) is 46.8 Å². The summed E-state index contributed by atoms with van der Waals surface area (Å²) in [5, 5.41) is 2.54. The molecular formula is C27H35N3O4. The van der Waals surface area contributed by atoms with Crippen molar-refractivity contribution in [1.29, 1.82) is 0 Å². The topological polar surface area (TPSA) is 73.7 Å². The van der Waals surface area contributed by atoms with Crippen molar-refractivity contribution in [3.8, 4) is 5.75 Å². The summed E-state index contributed by atoms with van der Waals surface area (Å²) in [6, 6.07) is 5.81. The molecule has 7 nitrogen and oxygen atoms in total. The lowest BCUT2D eigenvalue weighted by molar-refractivity contribution is 0.0160. The Bertz CT molecular complexity index is 1300. The molecule has 2 aromatic heterocycles. The number of rotatable bonds is 6. The summed E-state index contributed by atoms with van der Waals surface area (Å²) < 4.78 is 13.5. The molecule has 0 bridgehead atoms. The first kappa shape index (κ1) is 24.0. The molecule has 1 aliphatic carbocycles. The molecule has 1 unspecified atom stereocenters. The predicted octanol–water partition coefficient (Wildman–Crippen LogP) is 5.12. The maximum absolute atomic E-state index is 13.1. The van der Waals surface area contributed by atoms with Gasteiger partial charge in [0.1, 0.15) is 18.0 Å². The first-order valence-corrected chi connectivity index (χ1v) is 11.9. The van der Waals surface area contributed by atoms with Crippen LogP contribution in [0.2, 0.25) is 0 Å². The minimum Gasteiger partial charge on any atom is -0.491 e. The fraction of sp³-hybridized carbons (Fsp3) is 0.519. The van der Waals surface area contributed by atoms with Crippen molar-refractivity contribution in [1.82, 2.24) is 14.5 Å². The average Bonchev–Trinajstić information content (AvgIpc) is 3.57. The lowest BCUT2D eigenvalue weighted by Gasteiger charge is -2.31. The fourth-order valence-electron chi connectivity index (χ4n) is 4.41. The Hall–Kier alpha value is -3.09. The molecule has 0 N–H and O–H groups in total. The molecule has 0 aliphatic heterocycles. The van der Waals surface area contributed by atoms with Gasteiger partial charge < -0.3 is 18.9 Å². The summed E-state index contributed by atoms with van der Waals surface area (Å²) in [5.41, 5.74) is 1.90. The first-order chi connectivity index (χ1) is 16.0. The monoisotopic (exact) mass is 465 g/mol. The van der Waals surface area contributed by atoms with Crippen molar-refractivity contribution >= 4 is 27.8 Å². The second-order valence-electron chi connectivity index (χ2n) is 10.6. The van der Waals surface area contributed by atoms with Gasteiger partial charge in [0.2, 0.25) is 0 Å². The molecule has 7 heteroatoms. The zero-order valence-corrected chi connectivity index (χ0v) is 21.3. The van der Waals surface area contributed by atoms with E-state index in [0.29, 0.717) is 23.7 Å². The van der Waals surface area contributed by atoms with Crippen molar-refractivity contribution in [2.45, 2.75) is 65.5 Å². The summed E-state index contributed by atoms with van der Waals surface area (Å²) >= 11 is 0. The number of pyridine rings is 2. The first-order valence-electron chi connectivity index (χ1n) is 11.9. The summed E-state index contributed by atoms with van der Waals surface area (Å²) in [4.78, 5) is 31.7. The zero-order chi connectivity index (χ0) is 24.8. The van der Waals surface area contributed by atoms with Crippen LogP contribution in [0.4, 0.5) is 4.79 Å². The van der Waals surface area contributed by atoms with E-state index in [1.165, 1.54) is 12.8 Å². The number of carbonyl (C=O) groups is 1. The van der Waals surface area contributed by atoms with Gasteiger partial charge in [-0.25, -0.2) is 4.79 Å². The molecule has 1 aliphatic rings. The number of hydrogen-bond donors (Lipinski definition) is 0. The second kappa shape index (κ2) is 8.93. The number of aryl methyl sites for hydroxylation is 3. The molecule has 0 radical (unpaired) electrons. The van der Waals surface area contributed by atoms with Crippen LogP contribution in [0, 0.1) is 19.8 Å². The molecule has 0 spiro atoms. The van der Waals surface area contributed by atoms with Gasteiger partial charge in [0.05, 0.1) is 22.6 Å². The zero-order valence-electron chi connectivity index (χ0n) is 21.3. The van der Waals surface area contributed by atoms with Gasteiger partial charge >= 0.3 is 6.09 Å². The molecule has 4 rings (SSSR count). The van der Waals surface area contributed by atoms with Crippen LogP contribution in [0.25, 0.3) is 21.7 Å². The Morgan fingerprint density at radius 1 is 1.24 bits per heavy atom. The lowest BCUT2D eigenvalue weighted by Crippen LogP contribution is -2.44. The van der Waals surface area contributed by atoms with E-state index in [0.717, 1.165) is 34.0 Å². The van der Waals surface area contributed by atoms with E-state index in [1.54, 1.807) is 29.8 Å². The molecule has 1 fully saturated rings. The quantitative estimate of drug-likeness (QED) is 0.473. The Balaban J connectivity index is 1.64. The number of hydrogen-bond acceptors (Lipinski definition) is 5. The van der Waals surface area contributed by atoms with Crippen LogP contribution >= 0.6 is 0 Å². The second-order valence-corrected chi connectivity index (χ2v) is 10.6. The van der Waals surface area contributed by atoms with Gasteiger partial charge in [-0.3, -0.25) is 9.78 Å². The number of benzene rings is 1. The highest BCUT2D eigenvalue weighted by Crippen LogP contribution is 2.35. The van der Waals surface area contributed by atoms with Crippen molar-refractivity contribution < 1.29 is 14.3 Å². The smallest absolute Gasteiger partial charge is 0.410 e. The van der Waals surface area contributed by atoms with Crippen LogP contribution in [-0.2, 0) is 11.8 Å². The van der Waals surface area contributed by atoms with Crippen molar-refractivity contribution in [3.05, 3.63) is 46.0 Å². The average molecular weight is 466 g/mol. The Kier molecular flexibility index (Phi) is 6.32. The molecular weight excluding hydrogens is 430 g/mol. The largest absolute Gasteiger partial charge is 0.491 e. The van der Waals surface area contributed by atoms with Gasteiger partial charge in [0.25, 0.3) is 5.56 Å². The fourth-order valence-corrected chi connectivity index (χ4v) is 4.41. The Morgan fingerprint density at radius 3 is 2.59 bits per heavy atom. The van der Waals surface area contributed by atoms with Crippen molar-refractivity contribution in [2.24, 2.45) is 13.0 Å². The third kappa shape index (κ3) is 4.88. The Morgan fingerprint density at radius 2 is 1.94 bits per heavy atom. The lowest BCUT2D eigenvalue weighted by atomic mass is 10.0. The van der Waals surface area contributed by atoms with Gasteiger partial charge in [-0.1, -0.05) is 12.8 Å². The van der Waals surface area contributed by atoms with Gasteiger partial charge in [-0.2, -0.15) is 0 Å². The van der Waals surface area contributed by atoms with Crippen LogP contribution in [0.15, 0.2) is 29.2 Å². The van der Waals surface area contributed by atoms with E-state index in [2.05, 4.69) is 11.1 Å². The van der Waals surface area contributed by atoms with E-state index in [9.17, 15) is 9.59 Å². The number of nitrogens with zero attached hydrogens (tertiary/aromatic N) is 3. The van der Waals surface area contributed by atoms with Crippen LogP contribution < -0.4 is 10.3 Å². The number of likely N-dealkylation sites (N-methyl/N-ethyl adjacent to an activating group) is 1. The molecule has 34 heavy (non-hydrogen) atoms. The SMILES string of the molecule is Cc1cc2c3ccnc(C)c3c(=O)n(C)c2cc1OCC(CC1CC1)N(C)C(=O)OC(C)(C)C. The molecule has 1 saturated carbocycles. The number of amides is 1. The normalized spacial score (nSPS) is 14.9. The van der Waals surface area contributed by atoms with Gasteiger partial charge in [0.15, 0.2) is 0 Å². The van der Waals surface area contributed by atoms with Gasteiger partial charge in [-0.15, -0.1) is 0 Å². The van der Waals surface area contributed by atoms with E-state index in [-0.39, 0.29) is 17.7 Å². The molecule has 1 amide bonds. The predicted molar refractivity (Wildman–Crippen MR) is 135 cm³/mol. The van der Waals surface area contributed by atoms with Crippen molar-refractivity contribution in [3.63, 3.8) is 0 Å². The van der Waals surface area contributed by atoms with E-state index >= 15 is 0 Å². The van der Waals surface area contributed by atoms with Gasteiger partial charge in [-0.05, 0) is 70.0 Å². The number of fused-ring (bicyclic) bond motifs is 3. The number of ether oxygens (including phenoxy) is 2. The van der Waals surface area contributed by atoms with E-state index in [4.69, 9.17) is 9.47 Å². The van der Waals surface area contributed by atoms with Gasteiger partial charge in [0, 0.05) is 31.7 Å². The molecule has 1 aromatic carbocycles. The summed E-state index contributed by atoms with van der Waals surface area (Å²) in [5.74, 6) is 1.34. The highest BCUT2D eigenvalue weighted by atomic mass is 16.6. The van der Waals surface area contributed by atoms with Crippen LogP contribution in [-0.4, -0.2) is 45.8 Å². The third-order valence-electron chi connectivity index (χ3n) is 6.57. The standard InChI is InChI=1S/C27H35N3O4/c1-16-12-21-20-10-11-28-17(2)24(20)25(31)30(7)22(21)14-23(16)33-15-19(13-18-8-9-18)29(6)26(32)34-27(3,4)5/h10-12,14,18-19H,8-9,13,15H2,1-7H3. The van der Waals surface area contributed by atoms with E-state index < -0.39 is 5.60 Å². The molecule has 0 saturated heterocycles. The summed E-state index contributed by atoms with van der Waals surface area (Å²) in [6.45, 7) is 9.84. The molecule has 1 atom stereocenters. The summed E-state index contributed by atoms with van der Waals surface area (Å²) in [7, 11) is 3.56. The minimum atomic E-state index is -0.549.